The maximum absolute atomic E-state index is 11.0. The molecule has 0 saturated heterocycles. The summed E-state index contributed by atoms with van der Waals surface area (Å²) in [4.78, 5) is 23.7. The van der Waals surface area contributed by atoms with E-state index < -0.39 is 0 Å². The number of rotatable bonds is 5. The van der Waals surface area contributed by atoms with Gasteiger partial charge in [0, 0.05) is 32.3 Å². The number of hydrogen-bond donors (Lipinski definition) is 2. The smallest absolute Gasteiger partial charge is 0.244 e. The van der Waals surface area contributed by atoms with E-state index in [9.17, 15) is 9.59 Å². The Morgan fingerprint density at radius 3 is 2.29 bits per heavy atom. The minimum absolute atomic E-state index is 0.254. The van der Waals surface area contributed by atoms with E-state index in [0.717, 1.165) is 6.54 Å². The van der Waals surface area contributed by atoms with Crippen LogP contribution in [0, 0.1) is 0 Å². The molecule has 0 aliphatic heterocycles. The number of carbonyl (C=O) groups excluding carboxylic acids is 2. The molecule has 0 aliphatic carbocycles. The highest BCUT2D eigenvalue weighted by molar-refractivity contribution is 5.96. The fourth-order valence-corrected chi connectivity index (χ4v) is 0.696. The highest BCUT2D eigenvalue weighted by Crippen LogP contribution is 1.76. The van der Waals surface area contributed by atoms with E-state index in [4.69, 9.17) is 0 Å². The predicted molar refractivity (Wildman–Crippen MR) is 54.8 cm³/mol. The van der Waals surface area contributed by atoms with E-state index in [1.165, 1.54) is 19.2 Å². The Balaban J connectivity index is 3.65. The maximum atomic E-state index is 11.0. The first-order chi connectivity index (χ1) is 6.56. The second kappa shape index (κ2) is 7.08. The molecule has 0 saturated carbocycles. The first-order valence-corrected chi connectivity index (χ1v) is 4.38. The van der Waals surface area contributed by atoms with E-state index >= 15 is 0 Å². The van der Waals surface area contributed by atoms with Gasteiger partial charge in [0.25, 0.3) is 0 Å². The molecule has 0 heterocycles. The van der Waals surface area contributed by atoms with Crippen LogP contribution in [0.1, 0.15) is 0 Å². The molecular formula is C9H17N3O2. The summed E-state index contributed by atoms with van der Waals surface area (Å²) in [7, 11) is 5.36. The van der Waals surface area contributed by atoms with Gasteiger partial charge in [-0.1, -0.05) is 0 Å². The molecule has 0 aliphatic rings. The van der Waals surface area contributed by atoms with Crippen LogP contribution in [0.3, 0.4) is 0 Å². The van der Waals surface area contributed by atoms with E-state index in [-0.39, 0.29) is 11.8 Å². The Kier molecular flexibility index (Phi) is 6.39. The molecule has 0 unspecified atom stereocenters. The lowest BCUT2D eigenvalue weighted by molar-refractivity contribution is -0.118. The summed E-state index contributed by atoms with van der Waals surface area (Å²) in [5, 5.41) is 5.03. The van der Waals surface area contributed by atoms with Gasteiger partial charge in [-0.3, -0.25) is 9.59 Å². The first-order valence-electron chi connectivity index (χ1n) is 4.38. The summed E-state index contributed by atoms with van der Waals surface area (Å²) in [6, 6.07) is 0. The number of amides is 2. The van der Waals surface area contributed by atoms with Crippen LogP contribution in [0.5, 0.6) is 0 Å². The van der Waals surface area contributed by atoms with Crippen molar-refractivity contribution in [2.24, 2.45) is 0 Å². The topological polar surface area (TPSA) is 61.4 Å². The van der Waals surface area contributed by atoms with Crippen molar-refractivity contribution in [1.82, 2.24) is 15.5 Å². The van der Waals surface area contributed by atoms with Crippen molar-refractivity contribution in [2.45, 2.75) is 0 Å². The molecule has 2 amide bonds. The molecule has 5 nitrogen and oxygen atoms in total. The molecule has 0 rings (SSSR count). The molecule has 0 fully saturated rings. The largest absolute Gasteiger partial charge is 0.356 e. The van der Waals surface area contributed by atoms with Crippen LogP contribution in [0.2, 0.25) is 0 Å². The number of nitrogens with one attached hydrogen (secondary N) is 2. The molecule has 5 heteroatoms. The Labute approximate surface area is 84.2 Å². The van der Waals surface area contributed by atoms with Gasteiger partial charge in [0.15, 0.2) is 0 Å². The third-order valence-electron chi connectivity index (χ3n) is 1.49. The Morgan fingerprint density at radius 2 is 1.79 bits per heavy atom. The van der Waals surface area contributed by atoms with Crippen molar-refractivity contribution in [3.05, 3.63) is 12.2 Å². The lowest BCUT2D eigenvalue weighted by atomic mass is 10.4. The monoisotopic (exact) mass is 199 g/mol. The third kappa shape index (κ3) is 7.30. The summed E-state index contributed by atoms with van der Waals surface area (Å²) in [5.41, 5.74) is 0. The zero-order chi connectivity index (χ0) is 11.0. The fourth-order valence-electron chi connectivity index (χ4n) is 0.696. The number of hydrogen-bond acceptors (Lipinski definition) is 3. The van der Waals surface area contributed by atoms with Gasteiger partial charge in [0.1, 0.15) is 0 Å². The normalized spacial score (nSPS) is 10.6. The van der Waals surface area contributed by atoms with Gasteiger partial charge in [-0.2, -0.15) is 0 Å². The number of nitrogens with zero attached hydrogens (tertiary/aromatic N) is 1. The molecule has 0 bridgehead atoms. The zero-order valence-corrected chi connectivity index (χ0v) is 8.83. The van der Waals surface area contributed by atoms with Crippen LogP contribution < -0.4 is 10.6 Å². The molecule has 0 spiro atoms. The molecule has 0 aromatic carbocycles. The van der Waals surface area contributed by atoms with Crippen molar-refractivity contribution < 1.29 is 9.59 Å². The van der Waals surface area contributed by atoms with Crippen molar-refractivity contribution in [2.75, 3.05) is 34.2 Å². The summed E-state index contributed by atoms with van der Waals surface area (Å²) in [6.45, 7) is 1.35. The molecule has 0 aromatic heterocycles. The molecule has 0 radical (unpaired) electrons. The fraction of sp³-hybridized carbons (Fsp3) is 0.556. The summed E-state index contributed by atoms with van der Waals surface area (Å²) < 4.78 is 0. The Hall–Kier alpha value is -1.36. The highest BCUT2D eigenvalue weighted by Gasteiger charge is 1.96. The average Bonchev–Trinajstić information content (AvgIpc) is 2.13. The van der Waals surface area contributed by atoms with E-state index in [0.29, 0.717) is 6.54 Å². The summed E-state index contributed by atoms with van der Waals surface area (Å²) >= 11 is 0. The second-order valence-electron chi connectivity index (χ2n) is 3.04. The molecule has 0 aromatic rings. The van der Waals surface area contributed by atoms with E-state index in [2.05, 4.69) is 10.6 Å². The summed E-state index contributed by atoms with van der Waals surface area (Å²) in [6.07, 6.45) is 2.42. The minimum atomic E-state index is -0.284. The van der Waals surface area contributed by atoms with Crippen LogP contribution in [0.4, 0.5) is 0 Å². The van der Waals surface area contributed by atoms with Crippen LogP contribution in [-0.2, 0) is 9.59 Å². The van der Waals surface area contributed by atoms with Crippen LogP contribution >= 0.6 is 0 Å². The van der Waals surface area contributed by atoms with Crippen molar-refractivity contribution >= 4 is 11.8 Å². The highest BCUT2D eigenvalue weighted by atomic mass is 16.2. The maximum Gasteiger partial charge on any atom is 0.244 e. The molecular weight excluding hydrogens is 182 g/mol. The van der Waals surface area contributed by atoms with Crippen LogP contribution in [0.25, 0.3) is 0 Å². The number of likely N-dealkylation sites (N-methyl/N-ethyl adjacent to an activating group) is 2. The van der Waals surface area contributed by atoms with Gasteiger partial charge in [0.2, 0.25) is 11.8 Å². The average molecular weight is 199 g/mol. The standard InChI is InChI=1S/C9H17N3O2/c1-10-8(13)4-5-9(14)11-6-7-12(2)3/h4-5H,6-7H2,1-3H3,(H,10,13)(H,11,14)/b5-4-. The van der Waals surface area contributed by atoms with Crippen molar-refractivity contribution in [3.8, 4) is 0 Å². The molecule has 14 heavy (non-hydrogen) atoms. The van der Waals surface area contributed by atoms with Gasteiger partial charge >= 0.3 is 0 Å². The van der Waals surface area contributed by atoms with Gasteiger partial charge in [0.05, 0.1) is 0 Å². The van der Waals surface area contributed by atoms with Gasteiger partial charge in [-0.25, -0.2) is 0 Å². The van der Waals surface area contributed by atoms with E-state index in [1.807, 2.05) is 19.0 Å². The zero-order valence-electron chi connectivity index (χ0n) is 8.83. The Morgan fingerprint density at radius 1 is 1.21 bits per heavy atom. The predicted octanol–water partition coefficient (Wildman–Crippen LogP) is -1.03. The molecule has 0 atom stereocenters. The summed E-state index contributed by atoms with van der Waals surface area (Å²) in [5.74, 6) is -0.539. The molecule has 2 N–H and O–H groups in total. The van der Waals surface area contributed by atoms with E-state index in [1.54, 1.807) is 0 Å². The SMILES string of the molecule is CNC(=O)/C=C\C(=O)NCCN(C)C. The van der Waals surface area contributed by atoms with Gasteiger partial charge in [-0.15, -0.1) is 0 Å². The minimum Gasteiger partial charge on any atom is -0.356 e. The van der Waals surface area contributed by atoms with Gasteiger partial charge < -0.3 is 15.5 Å². The Bertz CT molecular complexity index is 224. The van der Waals surface area contributed by atoms with Gasteiger partial charge in [-0.05, 0) is 14.1 Å². The second-order valence-corrected chi connectivity index (χ2v) is 3.04. The van der Waals surface area contributed by atoms with Crippen molar-refractivity contribution in [1.29, 1.82) is 0 Å². The van der Waals surface area contributed by atoms with Crippen molar-refractivity contribution in [3.63, 3.8) is 0 Å². The third-order valence-corrected chi connectivity index (χ3v) is 1.49. The quantitative estimate of drug-likeness (QED) is 0.556. The first kappa shape index (κ1) is 12.6. The number of carbonyl (C=O) groups is 2. The lowest BCUT2D eigenvalue weighted by Gasteiger charge is -2.08. The van der Waals surface area contributed by atoms with Crippen LogP contribution in [0.15, 0.2) is 12.2 Å². The lowest BCUT2D eigenvalue weighted by Crippen LogP contribution is -2.30. The molecule has 80 valence electrons. The van der Waals surface area contributed by atoms with Crippen LogP contribution in [-0.4, -0.2) is 50.9 Å².